The predicted molar refractivity (Wildman–Crippen MR) is 139 cm³/mol. The molecular weight excluding hydrogens is 452 g/mol. The van der Waals surface area contributed by atoms with Gasteiger partial charge < -0.3 is 4.57 Å². The average Bonchev–Trinajstić information content (AvgIpc) is 3.64. The summed E-state index contributed by atoms with van der Waals surface area (Å²) in [7, 11) is 0. The largest absolute Gasteiger partial charge is 0.334 e. The fourth-order valence-corrected chi connectivity index (χ4v) is 4.75. The van der Waals surface area contributed by atoms with Crippen molar-refractivity contribution in [2.45, 2.75) is 53.1 Å². The number of pyridine rings is 1. The van der Waals surface area contributed by atoms with Gasteiger partial charge in [-0.3, -0.25) is 14.1 Å². The Morgan fingerprint density at radius 2 is 1.86 bits per heavy atom. The maximum Gasteiger partial charge on any atom is 0.334 e. The minimum atomic E-state index is -0.0416. The van der Waals surface area contributed by atoms with Crippen molar-refractivity contribution in [3.63, 3.8) is 0 Å². The zero-order valence-corrected chi connectivity index (χ0v) is 20.8. The molecule has 9 nitrogen and oxygen atoms in total. The highest BCUT2D eigenvalue weighted by Crippen LogP contribution is 2.32. The molecule has 4 heterocycles. The van der Waals surface area contributed by atoms with E-state index >= 15 is 0 Å². The standard InChI is InChI=1S/C27H30N8O/c1-4-6-9-21-18-35(26-19(3)13-15-33(26)5-2)27(36)34(21)17-20-16-28-14-12-22(20)23-10-7-8-11-24(23)25-29-31-32-30-25/h7-8,10-16,18H,4-6,9,17H2,1-3H3,(H,29,30,31,32). The molecule has 5 aromatic rings. The lowest BCUT2D eigenvalue weighted by atomic mass is 9.96. The van der Waals surface area contributed by atoms with Gasteiger partial charge in [-0.1, -0.05) is 37.6 Å². The van der Waals surface area contributed by atoms with Crippen molar-refractivity contribution in [2.75, 3.05) is 0 Å². The van der Waals surface area contributed by atoms with E-state index in [4.69, 9.17) is 0 Å². The molecule has 0 radical (unpaired) electrons. The van der Waals surface area contributed by atoms with Crippen LogP contribution in [0.15, 0.2) is 66.0 Å². The molecule has 9 heteroatoms. The van der Waals surface area contributed by atoms with Gasteiger partial charge in [-0.05, 0) is 71.5 Å². The number of tetrazole rings is 1. The molecule has 0 amide bonds. The summed E-state index contributed by atoms with van der Waals surface area (Å²) in [6, 6.07) is 12.0. The van der Waals surface area contributed by atoms with Crippen LogP contribution in [0.3, 0.4) is 0 Å². The molecule has 36 heavy (non-hydrogen) atoms. The summed E-state index contributed by atoms with van der Waals surface area (Å²) in [5.74, 6) is 1.52. The van der Waals surface area contributed by atoms with E-state index in [0.717, 1.165) is 65.1 Å². The molecule has 0 spiro atoms. The molecule has 0 saturated heterocycles. The summed E-state index contributed by atoms with van der Waals surface area (Å²) >= 11 is 0. The van der Waals surface area contributed by atoms with E-state index in [0.29, 0.717) is 12.4 Å². The van der Waals surface area contributed by atoms with Crippen LogP contribution in [0.2, 0.25) is 0 Å². The average molecular weight is 483 g/mol. The lowest BCUT2D eigenvalue weighted by Gasteiger charge is -2.14. The second-order valence-electron chi connectivity index (χ2n) is 8.90. The molecule has 5 rings (SSSR count). The number of rotatable bonds is 9. The molecule has 0 unspecified atom stereocenters. The Kier molecular flexibility index (Phi) is 6.62. The third kappa shape index (κ3) is 4.28. The van der Waals surface area contributed by atoms with Gasteiger partial charge in [-0.25, -0.2) is 9.89 Å². The van der Waals surface area contributed by atoms with Crippen LogP contribution in [0.5, 0.6) is 0 Å². The number of benzene rings is 1. The minimum Gasteiger partial charge on any atom is -0.334 e. The van der Waals surface area contributed by atoms with Gasteiger partial charge in [-0.2, -0.15) is 0 Å². The zero-order chi connectivity index (χ0) is 25.1. The van der Waals surface area contributed by atoms with Gasteiger partial charge in [-0.15, -0.1) is 5.10 Å². The monoisotopic (exact) mass is 482 g/mol. The van der Waals surface area contributed by atoms with Crippen molar-refractivity contribution >= 4 is 0 Å². The Hall–Kier alpha value is -4.27. The van der Waals surface area contributed by atoms with Gasteiger partial charge in [0, 0.05) is 42.6 Å². The topological polar surface area (TPSA) is 99.2 Å². The highest BCUT2D eigenvalue weighted by atomic mass is 16.1. The Morgan fingerprint density at radius 3 is 2.61 bits per heavy atom. The molecule has 0 aliphatic carbocycles. The van der Waals surface area contributed by atoms with Crippen LogP contribution >= 0.6 is 0 Å². The number of aryl methyl sites for hydroxylation is 3. The van der Waals surface area contributed by atoms with Crippen LogP contribution in [0, 0.1) is 6.92 Å². The van der Waals surface area contributed by atoms with E-state index in [-0.39, 0.29) is 5.69 Å². The third-order valence-corrected chi connectivity index (χ3v) is 6.60. The number of aromatic amines is 1. The van der Waals surface area contributed by atoms with Crippen molar-refractivity contribution in [3.8, 4) is 28.3 Å². The van der Waals surface area contributed by atoms with Crippen molar-refractivity contribution in [3.05, 3.63) is 88.5 Å². The Bertz CT molecular complexity index is 1520. The lowest BCUT2D eigenvalue weighted by molar-refractivity contribution is 0.664. The first-order chi connectivity index (χ1) is 17.6. The Morgan fingerprint density at radius 1 is 1.03 bits per heavy atom. The first kappa shape index (κ1) is 23.5. The summed E-state index contributed by atoms with van der Waals surface area (Å²) in [6.07, 6.45) is 10.6. The van der Waals surface area contributed by atoms with Gasteiger partial charge in [0.2, 0.25) is 0 Å². The summed E-state index contributed by atoms with van der Waals surface area (Å²) < 4.78 is 5.80. The number of H-pyrrole nitrogens is 1. The summed E-state index contributed by atoms with van der Waals surface area (Å²) in [6.45, 7) is 7.52. The number of nitrogens with one attached hydrogen (secondary N) is 1. The molecule has 1 N–H and O–H groups in total. The maximum absolute atomic E-state index is 13.8. The molecule has 184 valence electrons. The van der Waals surface area contributed by atoms with Crippen LogP contribution < -0.4 is 5.69 Å². The number of hydrogen-bond acceptors (Lipinski definition) is 5. The highest BCUT2D eigenvalue weighted by Gasteiger charge is 2.19. The second-order valence-corrected chi connectivity index (χ2v) is 8.90. The molecule has 1 aromatic carbocycles. The molecule has 0 saturated carbocycles. The lowest BCUT2D eigenvalue weighted by Crippen LogP contribution is -2.26. The molecular formula is C27H30N8O. The number of nitrogens with zero attached hydrogens (tertiary/aromatic N) is 7. The SMILES string of the molecule is CCCCc1cn(-c2c(C)ccn2CC)c(=O)n1Cc1cnccc1-c1ccccc1-c1nnn[nH]1. The molecule has 0 aliphatic rings. The Labute approximate surface area is 209 Å². The Balaban J connectivity index is 1.62. The predicted octanol–water partition coefficient (Wildman–Crippen LogP) is 4.40. The number of aromatic nitrogens is 8. The van der Waals surface area contributed by atoms with Gasteiger partial charge in [0.25, 0.3) is 0 Å². The quantitative estimate of drug-likeness (QED) is 0.336. The molecule has 0 aliphatic heterocycles. The van der Waals surface area contributed by atoms with Gasteiger partial charge in [0.1, 0.15) is 5.82 Å². The van der Waals surface area contributed by atoms with Crippen LogP contribution in [-0.4, -0.2) is 39.3 Å². The zero-order valence-electron chi connectivity index (χ0n) is 20.8. The minimum absolute atomic E-state index is 0.0416. The van der Waals surface area contributed by atoms with Crippen LogP contribution in [0.4, 0.5) is 0 Å². The number of hydrogen-bond donors (Lipinski definition) is 1. The van der Waals surface area contributed by atoms with E-state index < -0.39 is 0 Å². The number of imidazole rings is 1. The van der Waals surface area contributed by atoms with E-state index in [2.05, 4.69) is 50.1 Å². The van der Waals surface area contributed by atoms with E-state index in [1.807, 2.05) is 60.4 Å². The summed E-state index contributed by atoms with van der Waals surface area (Å²) in [5, 5.41) is 14.5. The fraction of sp³-hybridized carbons (Fsp3) is 0.296. The summed E-state index contributed by atoms with van der Waals surface area (Å²) in [4.78, 5) is 18.2. The first-order valence-corrected chi connectivity index (χ1v) is 12.4. The fourth-order valence-electron chi connectivity index (χ4n) is 4.75. The van der Waals surface area contributed by atoms with E-state index in [9.17, 15) is 4.79 Å². The van der Waals surface area contributed by atoms with E-state index in [1.54, 1.807) is 10.8 Å². The summed E-state index contributed by atoms with van der Waals surface area (Å²) in [5.41, 5.74) is 5.88. The normalized spacial score (nSPS) is 11.3. The van der Waals surface area contributed by atoms with Crippen LogP contribution in [-0.2, 0) is 19.5 Å². The first-order valence-electron chi connectivity index (χ1n) is 12.4. The van der Waals surface area contributed by atoms with E-state index in [1.165, 1.54) is 0 Å². The maximum atomic E-state index is 13.8. The van der Waals surface area contributed by atoms with Crippen molar-refractivity contribution < 1.29 is 0 Å². The van der Waals surface area contributed by atoms with Gasteiger partial charge in [0.15, 0.2) is 5.82 Å². The highest BCUT2D eigenvalue weighted by molar-refractivity contribution is 5.81. The van der Waals surface area contributed by atoms with Crippen LogP contribution in [0.25, 0.3) is 28.3 Å². The van der Waals surface area contributed by atoms with Crippen molar-refractivity contribution in [1.82, 2.24) is 39.3 Å². The van der Waals surface area contributed by atoms with Crippen molar-refractivity contribution in [2.24, 2.45) is 0 Å². The van der Waals surface area contributed by atoms with Crippen molar-refractivity contribution in [1.29, 1.82) is 0 Å². The smallest absolute Gasteiger partial charge is 0.334 e. The molecule has 0 atom stereocenters. The molecule has 0 bridgehead atoms. The van der Waals surface area contributed by atoms with Gasteiger partial charge in [0.05, 0.1) is 6.54 Å². The second kappa shape index (κ2) is 10.2. The third-order valence-electron chi connectivity index (χ3n) is 6.60. The molecule has 0 fully saturated rings. The van der Waals surface area contributed by atoms with Gasteiger partial charge >= 0.3 is 5.69 Å². The van der Waals surface area contributed by atoms with Crippen LogP contribution in [0.1, 0.15) is 43.5 Å². The number of unbranched alkanes of at least 4 members (excludes halogenated alkanes) is 1. The molecule has 4 aromatic heterocycles.